The molecule has 6 rings (SSSR count). The van der Waals surface area contributed by atoms with Crippen LogP contribution >= 0.6 is 0 Å². The maximum atomic E-state index is 11.5. The van der Waals surface area contributed by atoms with Crippen molar-refractivity contribution in [1.82, 2.24) is 0 Å². The second kappa shape index (κ2) is 21.7. The molecule has 2 fully saturated rings. The van der Waals surface area contributed by atoms with E-state index >= 15 is 0 Å². The molecule has 2 saturated heterocycles. The predicted octanol–water partition coefficient (Wildman–Crippen LogP) is 1.20. The Bertz CT molecular complexity index is 2070. The van der Waals surface area contributed by atoms with Gasteiger partial charge in [-0.25, -0.2) is 0 Å². The van der Waals surface area contributed by atoms with Crippen LogP contribution in [0.2, 0.25) is 0 Å². The number of carbonyl (C=O) groups is 1. The Morgan fingerprint density at radius 3 is 1.44 bits per heavy atom. The smallest absolute Gasteiger partial charge is 0.307 e. The Hall–Kier alpha value is -4.53. The number of hydrogen-bond acceptors (Lipinski definition) is 15. The molecule has 16 nitrogen and oxygen atoms in total. The first-order valence-electron chi connectivity index (χ1n) is 20.7. The first kappa shape index (κ1) is 47.0. The van der Waals surface area contributed by atoms with Gasteiger partial charge < -0.3 is 75.1 Å². The van der Waals surface area contributed by atoms with Gasteiger partial charge in [-0.15, -0.1) is 0 Å². The molecular weight excluding hydrogens is 808 g/mol. The van der Waals surface area contributed by atoms with Gasteiger partial charge >= 0.3 is 5.97 Å². The van der Waals surface area contributed by atoms with Gasteiger partial charge in [-0.05, 0) is 83.3 Å². The van der Waals surface area contributed by atoms with E-state index in [2.05, 4.69) is 0 Å². The summed E-state index contributed by atoms with van der Waals surface area (Å²) in [6.07, 6.45) is -11.6. The van der Waals surface area contributed by atoms with Gasteiger partial charge in [0.2, 0.25) is 12.6 Å². The molecule has 4 aromatic rings. The van der Waals surface area contributed by atoms with Crippen LogP contribution < -0.4 is 9.47 Å². The van der Waals surface area contributed by atoms with E-state index in [1.54, 1.807) is 54.6 Å². The van der Waals surface area contributed by atoms with E-state index in [-0.39, 0.29) is 18.6 Å². The molecule has 10 atom stereocenters. The van der Waals surface area contributed by atoms with Gasteiger partial charge in [-0.3, -0.25) is 4.79 Å². The van der Waals surface area contributed by atoms with E-state index in [9.17, 15) is 61.0 Å². The van der Waals surface area contributed by atoms with E-state index in [1.807, 2.05) is 30.3 Å². The van der Waals surface area contributed by atoms with Gasteiger partial charge in [0.1, 0.15) is 60.3 Å². The molecule has 2 heterocycles. The number of hydrogen-bond donors (Lipinski definition) is 11. The van der Waals surface area contributed by atoms with Crippen molar-refractivity contribution in [1.29, 1.82) is 0 Å². The number of benzene rings is 4. The minimum absolute atomic E-state index is 0.00219. The van der Waals surface area contributed by atoms with Gasteiger partial charge in [0.15, 0.2) is 6.29 Å². The zero-order valence-corrected chi connectivity index (χ0v) is 34.0. The molecule has 0 aromatic heterocycles. The summed E-state index contributed by atoms with van der Waals surface area (Å²) in [6.45, 7) is -1.22. The van der Waals surface area contributed by atoms with Gasteiger partial charge in [-0.1, -0.05) is 73.5 Å². The maximum Gasteiger partial charge on any atom is 0.307 e. The predicted molar refractivity (Wildman–Crippen MR) is 222 cm³/mol. The third-order valence-electron chi connectivity index (χ3n) is 11.2. The fourth-order valence-electron chi connectivity index (χ4n) is 7.81. The summed E-state index contributed by atoms with van der Waals surface area (Å²) in [4.78, 5) is 11.5. The lowest BCUT2D eigenvalue weighted by Gasteiger charge is -2.39. The van der Waals surface area contributed by atoms with E-state index in [0.29, 0.717) is 52.0 Å². The average Bonchev–Trinajstić information content (AvgIpc) is 3.25. The van der Waals surface area contributed by atoms with Crippen LogP contribution in [0.3, 0.4) is 0 Å². The molecule has 0 aliphatic carbocycles. The summed E-state index contributed by atoms with van der Waals surface area (Å²) >= 11 is 0. The zero-order valence-electron chi connectivity index (χ0n) is 34.0. The van der Waals surface area contributed by atoms with Crippen LogP contribution in [0.15, 0.2) is 84.9 Å². The molecule has 0 radical (unpaired) electrons. The summed E-state index contributed by atoms with van der Waals surface area (Å²) in [7, 11) is 0. The summed E-state index contributed by atoms with van der Waals surface area (Å²) in [5, 5.41) is 110. The van der Waals surface area contributed by atoms with Crippen molar-refractivity contribution >= 4 is 5.97 Å². The van der Waals surface area contributed by atoms with Gasteiger partial charge in [-0.2, -0.15) is 0 Å². The van der Waals surface area contributed by atoms with Gasteiger partial charge in [0.05, 0.1) is 19.6 Å². The minimum atomic E-state index is -1.63. The topological polar surface area (TPSA) is 277 Å². The number of aliphatic hydroxyl groups is 10. The van der Waals surface area contributed by atoms with Crippen molar-refractivity contribution in [2.45, 2.75) is 119 Å². The largest absolute Gasteiger partial charge is 0.481 e. The molecule has 16 heteroatoms. The van der Waals surface area contributed by atoms with Crippen LogP contribution in [0.5, 0.6) is 11.5 Å². The van der Waals surface area contributed by atoms with E-state index in [0.717, 1.165) is 36.8 Å². The number of carboxylic acid groups (broad SMARTS) is 1. The molecule has 62 heavy (non-hydrogen) atoms. The number of aliphatic hydroxyl groups excluding tert-OH is 9. The Kier molecular flexibility index (Phi) is 16.4. The molecule has 0 spiro atoms. The van der Waals surface area contributed by atoms with Crippen molar-refractivity contribution < 1.29 is 79.9 Å². The molecule has 0 bridgehead atoms. The van der Waals surface area contributed by atoms with Crippen LogP contribution in [0, 0.1) is 0 Å². The van der Waals surface area contributed by atoms with Crippen molar-refractivity contribution in [3.05, 3.63) is 107 Å². The summed E-state index contributed by atoms with van der Waals surface area (Å²) in [5.74, 6) is -0.401. The molecule has 4 aromatic carbocycles. The molecule has 2 aliphatic rings. The number of ether oxygens (including phenoxy) is 4. The van der Waals surface area contributed by atoms with Gasteiger partial charge in [0, 0.05) is 17.5 Å². The summed E-state index contributed by atoms with van der Waals surface area (Å²) < 4.78 is 23.3. The standard InChI is InChI=1S/C46H56O16/c47-23-35-39(53)41(55)43(57)45(61-35)59-33-15-13-25(19-31(33)29-11-5-9-27(17-29)21-37(49)50)7-3-1-2-4-8-26-14-16-34(60-46-44(58)42(56)40(54)36(24-48)62-46)32(20-26)30-12-6-10-28(18-30)22-38(51)52/h5-6,9-20,35-37,39-50,53-58H,1-4,7-8,21-24H2,(H,51,52). The van der Waals surface area contributed by atoms with Crippen molar-refractivity contribution in [2.24, 2.45) is 0 Å². The van der Waals surface area contributed by atoms with E-state index in [4.69, 9.17) is 18.9 Å². The number of carboxylic acids is 1. The highest BCUT2D eigenvalue weighted by Crippen LogP contribution is 2.37. The van der Waals surface area contributed by atoms with Crippen LogP contribution in [0.4, 0.5) is 0 Å². The van der Waals surface area contributed by atoms with E-state index in [1.165, 1.54) is 0 Å². The quantitative estimate of drug-likeness (QED) is 0.0467. The molecule has 2 aliphatic heterocycles. The number of unbranched alkanes of at least 4 members (excludes halogenated alkanes) is 3. The highest BCUT2D eigenvalue weighted by atomic mass is 16.7. The van der Waals surface area contributed by atoms with Gasteiger partial charge in [0.25, 0.3) is 0 Å². The monoisotopic (exact) mass is 864 g/mol. The molecule has 10 unspecified atom stereocenters. The SMILES string of the molecule is O=C(O)Cc1cccc(-c2cc(CCCCCCc3ccc(OC4OC(CO)C(O)C(O)C4O)c(-c4cccc(CC(O)O)c4)c3)ccc2OC2OC(CO)C(O)C(O)C2O)c1. The number of aryl methyl sites for hydroxylation is 2. The minimum Gasteiger partial charge on any atom is -0.481 e. The first-order valence-corrected chi connectivity index (χ1v) is 20.7. The highest BCUT2D eigenvalue weighted by Gasteiger charge is 2.46. The lowest BCUT2D eigenvalue weighted by atomic mass is 9.95. The third-order valence-corrected chi connectivity index (χ3v) is 11.2. The maximum absolute atomic E-state index is 11.5. The van der Waals surface area contributed by atoms with Crippen molar-refractivity contribution in [3.8, 4) is 33.8 Å². The summed E-state index contributed by atoms with van der Waals surface area (Å²) in [5.41, 5.74) is 5.76. The van der Waals surface area contributed by atoms with Crippen LogP contribution in [0.1, 0.15) is 47.9 Å². The molecule has 0 saturated carbocycles. The zero-order chi connectivity index (χ0) is 44.5. The van der Waals surface area contributed by atoms with Crippen molar-refractivity contribution in [3.63, 3.8) is 0 Å². The molecule has 11 N–H and O–H groups in total. The van der Waals surface area contributed by atoms with Crippen LogP contribution in [0.25, 0.3) is 22.3 Å². The van der Waals surface area contributed by atoms with Crippen LogP contribution in [-0.2, 0) is 40.0 Å². The fourth-order valence-corrected chi connectivity index (χ4v) is 7.81. The summed E-state index contributed by atoms with van der Waals surface area (Å²) in [6, 6.07) is 25.2. The third kappa shape index (κ3) is 11.7. The normalized spacial score (nSPS) is 26.4. The van der Waals surface area contributed by atoms with Crippen molar-refractivity contribution in [2.75, 3.05) is 13.2 Å². The highest BCUT2D eigenvalue weighted by molar-refractivity contribution is 5.75. The first-order chi connectivity index (χ1) is 29.8. The molecule has 0 amide bonds. The number of aliphatic carboxylic acids is 1. The Morgan fingerprint density at radius 2 is 1.00 bits per heavy atom. The molecular formula is C46H56O16. The Morgan fingerprint density at radius 1 is 0.548 bits per heavy atom. The number of rotatable bonds is 19. The average molecular weight is 865 g/mol. The molecule has 336 valence electrons. The fraction of sp³-hybridized carbons (Fsp3) is 0.457. The van der Waals surface area contributed by atoms with E-state index < -0.39 is 86.9 Å². The second-order valence-electron chi connectivity index (χ2n) is 15.9. The Labute approximate surface area is 358 Å². The Balaban J connectivity index is 1.13. The van der Waals surface area contributed by atoms with Crippen LogP contribution in [-0.4, -0.2) is 143 Å². The lowest BCUT2D eigenvalue weighted by molar-refractivity contribution is -0.277. The lowest BCUT2D eigenvalue weighted by Crippen LogP contribution is -2.60. The second-order valence-corrected chi connectivity index (χ2v) is 15.9.